The fourth-order valence-corrected chi connectivity index (χ4v) is 3.61. The number of nitrogens with one attached hydrogen (secondary N) is 1. The number of nitrogens with zero attached hydrogens (tertiary/aromatic N) is 2. The van der Waals surface area contributed by atoms with Crippen molar-refractivity contribution in [2.75, 3.05) is 26.2 Å². The van der Waals surface area contributed by atoms with E-state index in [9.17, 15) is 4.79 Å². The molecule has 1 aliphatic rings. The van der Waals surface area contributed by atoms with E-state index in [1.165, 1.54) is 5.56 Å². The van der Waals surface area contributed by atoms with Gasteiger partial charge in [-0.25, -0.2) is 0 Å². The fraction of sp³-hybridized carbons (Fsp3) is 0.409. The summed E-state index contributed by atoms with van der Waals surface area (Å²) < 4.78 is 0. The largest absolute Gasteiger partial charge is 0.351 e. The first kappa shape index (κ1) is 19.9. The van der Waals surface area contributed by atoms with E-state index in [1.807, 2.05) is 31.2 Å². The molecule has 2 aromatic rings. The van der Waals surface area contributed by atoms with E-state index < -0.39 is 0 Å². The van der Waals surface area contributed by atoms with Crippen LogP contribution < -0.4 is 5.32 Å². The molecule has 3 rings (SSSR count). The van der Waals surface area contributed by atoms with Crippen LogP contribution in [-0.2, 0) is 17.9 Å². The van der Waals surface area contributed by atoms with E-state index in [0.717, 1.165) is 44.7 Å². The van der Waals surface area contributed by atoms with Crippen molar-refractivity contribution in [3.05, 3.63) is 70.7 Å². The standard InChI is InChI=1S/C22H28ClN3O/c1-18(22(27)24-16-19-8-10-21(23)11-9-19)26-13-5-12-25(14-15-26)17-20-6-3-2-4-7-20/h2-4,6-11,18H,5,12-17H2,1H3,(H,24,27). The van der Waals surface area contributed by atoms with Crippen LogP contribution in [-0.4, -0.2) is 47.9 Å². The van der Waals surface area contributed by atoms with Crippen molar-refractivity contribution in [2.45, 2.75) is 32.5 Å². The molecule has 1 fully saturated rings. The third-order valence-corrected chi connectivity index (χ3v) is 5.43. The number of rotatable bonds is 6. The second kappa shape index (κ2) is 9.88. The van der Waals surface area contributed by atoms with Gasteiger partial charge in [0, 0.05) is 37.7 Å². The van der Waals surface area contributed by atoms with Crippen molar-refractivity contribution in [2.24, 2.45) is 0 Å². The van der Waals surface area contributed by atoms with Gasteiger partial charge in [-0.1, -0.05) is 54.1 Å². The summed E-state index contributed by atoms with van der Waals surface area (Å²) in [6.45, 7) is 7.46. The van der Waals surface area contributed by atoms with Crippen LogP contribution in [0.25, 0.3) is 0 Å². The molecule has 1 atom stereocenters. The minimum atomic E-state index is -0.117. The number of benzene rings is 2. The average molecular weight is 386 g/mol. The zero-order valence-corrected chi connectivity index (χ0v) is 16.7. The highest BCUT2D eigenvalue weighted by Gasteiger charge is 2.23. The van der Waals surface area contributed by atoms with Crippen LogP contribution in [0.5, 0.6) is 0 Å². The van der Waals surface area contributed by atoms with Gasteiger partial charge in [0.05, 0.1) is 6.04 Å². The molecule has 144 valence electrons. The monoisotopic (exact) mass is 385 g/mol. The number of carbonyl (C=O) groups is 1. The van der Waals surface area contributed by atoms with Gasteiger partial charge in [0.1, 0.15) is 0 Å². The van der Waals surface area contributed by atoms with Crippen molar-refractivity contribution in [1.82, 2.24) is 15.1 Å². The molecular weight excluding hydrogens is 358 g/mol. The molecule has 27 heavy (non-hydrogen) atoms. The summed E-state index contributed by atoms with van der Waals surface area (Å²) in [5.74, 6) is 0.0847. The van der Waals surface area contributed by atoms with E-state index in [4.69, 9.17) is 11.6 Å². The molecule has 0 saturated carbocycles. The second-order valence-electron chi connectivity index (χ2n) is 7.17. The maximum absolute atomic E-state index is 12.6. The zero-order chi connectivity index (χ0) is 19.1. The van der Waals surface area contributed by atoms with E-state index in [2.05, 4.69) is 45.4 Å². The van der Waals surface area contributed by atoms with Crippen molar-refractivity contribution < 1.29 is 4.79 Å². The molecule has 1 aliphatic heterocycles. The van der Waals surface area contributed by atoms with Gasteiger partial charge in [0.15, 0.2) is 0 Å². The summed E-state index contributed by atoms with van der Waals surface area (Å²) in [6.07, 6.45) is 1.08. The predicted octanol–water partition coefficient (Wildman–Crippen LogP) is 3.55. The lowest BCUT2D eigenvalue weighted by Gasteiger charge is -2.27. The van der Waals surface area contributed by atoms with Crippen LogP contribution in [0.2, 0.25) is 5.02 Å². The van der Waals surface area contributed by atoms with Gasteiger partial charge in [-0.2, -0.15) is 0 Å². The molecular formula is C22H28ClN3O. The molecule has 0 aromatic heterocycles. The molecule has 1 unspecified atom stereocenters. The topological polar surface area (TPSA) is 35.6 Å². The second-order valence-corrected chi connectivity index (χ2v) is 7.61. The van der Waals surface area contributed by atoms with Crippen molar-refractivity contribution in [3.63, 3.8) is 0 Å². The van der Waals surface area contributed by atoms with Crippen LogP contribution >= 0.6 is 11.6 Å². The lowest BCUT2D eigenvalue weighted by molar-refractivity contribution is -0.126. The van der Waals surface area contributed by atoms with Crippen LogP contribution in [0, 0.1) is 0 Å². The highest BCUT2D eigenvalue weighted by atomic mass is 35.5. The molecule has 4 nitrogen and oxygen atoms in total. The summed E-state index contributed by atoms with van der Waals surface area (Å²) >= 11 is 5.91. The third kappa shape index (κ3) is 6.06. The van der Waals surface area contributed by atoms with Gasteiger partial charge in [-0.3, -0.25) is 14.6 Å². The maximum atomic E-state index is 12.6. The zero-order valence-electron chi connectivity index (χ0n) is 15.9. The van der Waals surface area contributed by atoms with E-state index in [-0.39, 0.29) is 11.9 Å². The van der Waals surface area contributed by atoms with Gasteiger partial charge >= 0.3 is 0 Å². The highest BCUT2D eigenvalue weighted by molar-refractivity contribution is 6.30. The molecule has 1 amide bonds. The van der Waals surface area contributed by atoms with Gasteiger partial charge in [0.25, 0.3) is 0 Å². The first-order valence-corrected chi connectivity index (χ1v) is 10.0. The fourth-order valence-electron chi connectivity index (χ4n) is 3.48. The Balaban J connectivity index is 1.47. The van der Waals surface area contributed by atoms with Crippen LogP contribution in [0.3, 0.4) is 0 Å². The molecule has 0 bridgehead atoms. The van der Waals surface area contributed by atoms with Gasteiger partial charge in [0.2, 0.25) is 5.91 Å². The Morgan fingerprint density at radius 3 is 2.48 bits per heavy atom. The quantitative estimate of drug-likeness (QED) is 0.825. The molecule has 5 heteroatoms. The Morgan fingerprint density at radius 1 is 1.00 bits per heavy atom. The number of amides is 1. The summed E-state index contributed by atoms with van der Waals surface area (Å²) in [4.78, 5) is 17.3. The van der Waals surface area contributed by atoms with E-state index in [1.54, 1.807) is 0 Å². The molecule has 2 aromatic carbocycles. The van der Waals surface area contributed by atoms with Gasteiger partial charge in [-0.15, -0.1) is 0 Å². The number of halogens is 1. The smallest absolute Gasteiger partial charge is 0.237 e. The summed E-state index contributed by atoms with van der Waals surface area (Å²) in [6, 6.07) is 18.1. The SMILES string of the molecule is CC(C(=O)NCc1ccc(Cl)cc1)N1CCCN(Cc2ccccc2)CC1. The molecule has 0 radical (unpaired) electrons. The third-order valence-electron chi connectivity index (χ3n) is 5.18. The highest BCUT2D eigenvalue weighted by Crippen LogP contribution is 2.12. The Morgan fingerprint density at radius 2 is 1.74 bits per heavy atom. The Bertz CT molecular complexity index is 720. The average Bonchev–Trinajstić information content (AvgIpc) is 2.93. The number of hydrogen-bond donors (Lipinski definition) is 1. The Labute approximate surface area is 167 Å². The lowest BCUT2D eigenvalue weighted by atomic mass is 10.2. The van der Waals surface area contributed by atoms with Gasteiger partial charge < -0.3 is 5.32 Å². The normalized spacial score (nSPS) is 17.3. The number of carbonyl (C=O) groups excluding carboxylic acids is 1. The van der Waals surface area contributed by atoms with Gasteiger partial charge in [-0.05, 0) is 43.1 Å². The molecule has 0 spiro atoms. The molecule has 1 heterocycles. The molecule has 0 aliphatic carbocycles. The molecule has 1 saturated heterocycles. The Kier molecular flexibility index (Phi) is 7.27. The van der Waals surface area contributed by atoms with E-state index in [0.29, 0.717) is 11.6 Å². The van der Waals surface area contributed by atoms with Crippen LogP contribution in [0.15, 0.2) is 54.6 Å². The summed E-state index contributed by atoms with van der Waals surface area (Å²) in [5.41, 5.74) is 2.41. The number of hydrogen-bond acceptors (Lipinski definition) is 3. The summed E-state index contributed by atoms with van der Waals surface area (Å²) in [7, 11) is 0. The first-order valence-electron chi connectivity index (χ1n) is 9.64. The van der Waals surface area contributed by atoms with Crippen molar-refractivity contribution in [1.29, 1.82) is 0 Å². The lowest BCUT2D eigenvalue weighted by Crippen LogP contribution is -2.46. The van der Waals surface area contributed by atoms with Crippen molar-refractivity contribution >= 4 is 17.5 Å². The minimum absolute atomic E-state index is 0.0847. The predicted molar refractivity (Wildman–Crippen MR) is 111 cm³/mol. The first-order chi connectivity index (χ1) is 13.1. The van der Waals surface area contributed by atoms with Crippen molar-refractivity contribution in [3.8, 4) is 0 Å². The van der Waals surface area contributed by atoms with Crippen LogP contribution in [0.1, 0.15) is 24.5 Å². The van der Waals surface area contributed by atoms with E-state index >= 15 is 0 Å². The molecule has 1 N–H and O–H groups in total. The minimum Gasteiger partial charge on any atom is -0.351 e. The Hall–Kier alpha value is -1.88. The maximum Gasteiger partial charge on any atom is 0.237 e. The van der Waals surface area contributed by atoms with Crippen LogP contribution in [0.4, 0.5) is 0 Å². The summed E-state index contributed by atoms with van der Waals surface area (Å²) in [5, 5.41) is 3.76.